The molecule has 0 radical (unpaired) electrons. The Morgan fingerprint density at radius 2 is 1.95 bits per heavy atom. The molecule has 0 spiro atoms. The highest BCUT2D eigenvalue weighted by Crippen LogP contribution is 2.39. The van der Waals surface area contributed by atoms with Gasteiger partial charge in [-0.05, 0) is 18.2 Å². The summed E-state index contributed by atoms with van der Waals surface area (Å²) >= 11 is 0. The molecule has 3 rings (SSSR count). The fraction of sp³-hybridized carbons (Fsp3) is 0.0667. The summed E-state index contributed by atoms with van der Waals surface area (Å²) in [5.41, 5.74) is 1.06. The van der Waals surface area contributed by atoms with Gasteiger partial charge in [-0.3, -0.25) is 9.59 Å². The van der Waals surface area contributed by atoms with Crippen molar-refractivity contribution in [2.24, 2.45) is 0 Å². The summed E-state index contributed by atoms with van der Waals surface area (Å²) in [5.74, 6) is -1.03. The first-order valence-corrected chi connectivity index (χ1v) is 6.03. The van der Waals surface area contributed by atoms with Gasteiger partial charge in [0.1, 0.15) is 0 Å². The summed E-state index contributed by atoms with van der Waals surface area (Å²) in [4.78, 5) is 25.1. The van der Waals surface area contributed by atoms with Crippen LogP contribution in [-0.4, -0.2) is 16.9 Å². The Labute approximate surface area is 114 Å². The summed E-state index contributed by atoms with van der Waals surface area (Å²) in [6, 6.07) is 9.98. The topological polar surface area (TPSA) is 70.8 Å². The summed E-state index contributed by atoms with van der Waals surface area (Å²) in [5, 5.41) is 10.3. The van der Waals surface area contributed by atoms with E-state index in [2.05, 4.69) is 0 Å². The molecule has 1 aromatic carbocycles. The Morgan fingerprint density at radius 3 is 2.60 bits per heavy atom. The average molecular weight is 269 g/mol. The highest BCUT2D eigenvalue weighted by molar-refractivity contribution is 6.42. The van der Waals surface area contributed by atoms with Crippen LogP contribution in [0.15, 0.2) is 47.1 Å². The van der Waals surface area contributed by atoms with Gasteiger partial charge in [-0.2, -0.15) is 0 Å². The molecule has 0 unspecified atom stereocenters. The maximum Gasteiger partial charge on any atom is 0.269 e. The monoisotopic (exact) mass is 269 g/mol. The molecule has 1 aromatic heterocycles. The lowest BCUT2D eigenvalue weighted by Crippen LogP contribution is -2.31. The van der Waals surface area contributed by atoms with E-state index in [1.807, 2.05) is 0 Å². The van der Waals surface area contributed by atoms with Crippen LogP contribution in [-0.2, 0) is 9.59 Å². The number of amides is 2. The number of carbonyl (C=O) groups is 2. The van der Waals surface area contributed by atoms with E-state index in [1.54, 1.807) is 36.4 Å². The third-order valence-electron chi connectivity index (χ3n) is 3.14. The number of para-hydroxylation sites is 1. The molecule has 1 aliphatic heterocycles. The third-order valence-corrected chi connectivity index (χ3v) is 3.14. The molecule has 5 nitrogen and oxygen atoms in total. The number of carbonyl (C=O) groups excluding carboxylic acids is 2. The molecule has 2 heterocycles. The van der Waals surface area contributed by atoms with Gasteiger partial charge in [-0.25, -0.2) is 4.90 Å². The van der Waals surface area contributed by atoms with Crippen LogP contribution in [0.4, 0.5) is 5.69 Å². The second-order valence-corrected chi connectivity index (χ2v) is 4.38. The molecule has 1 aliphatic rings. The van der Waals surface area contributed by atoms with Crippen LogP contribution in [0.2, 0.25) is 0 Å². The van der Waals surface area contributed by atoms with Crippen molar-refractivity contribution in [3.8, 4) is 0 Å². The molecule has 100 valence electrons. The van der Waals surface area contributed by atoms with Crippen molar-refractivity contribution in [3.63, 3.8) is 0 Å². The van der Waals surface area contributed by atoms with Crippen molar-refractivity contribution in [2.45, 2.75) is 6.92 Å². The van der Waals surface area contributed by atoms with Gasteiger partial charge in [0.05, 0.1) is 17.5 Å². The molecule has 2 aromatic rings. The van der Waals surface area contributed by atoms with Gasteiger partial charge in [-0.1, -0.05) is 18.2 Å². The zero-order valence-electron chi connectivity index (χ0n) is 10.7. The Bertz CT molecular complexity index is 728. The van der Waals surface area contributed by atoms with Gasteiger partial charge in [0.25, 0.3) is 5.91 Å². The van der Waals surface area contributed by atoms with Crippen molar-refractivity contribution in [3.05, 3.63) is 54.0 Å². The van der Waals surface area contributed by atoms with Crippen LogP contribution in [0.1, 0.15) is 18.2 Å². The predicted octanol–water partition coefficient (Wildman–Crippen LogP) is 2.60. The van der Waals surface area contributed by atoms with E-state index in [0.717, 1.165) is 4.90 Å². The number of nitrogens with zero attached hydrogens (tertiary/aromatic N) is 1. The number of anilines is 1. The predicted molar refractivity (Wildman–Crippen MR) is 72.8 cm³/mol. The second kappa shape index (κ2) is 4.38. The maximum atomic E-state index is 12.4. The standard InChI is InChI=1S/C15H11NO4/c1-9(17)16-11-6-3-2-5-10(11)13(15(16)19)14(18)12-7-4-8-20-12/h2-8,18H,1H3/b14-13+. The number of benzene rings is 1. The number of imide groups is 1. The van der Waals surface area contributed by atoms with Gasteiger partial charge in [-0.15, -0.1) is 0 Å². The van der Waals surface area contributed by atoms with Gasteiger partial charge in [0.15, 0.2) is 11.5 Å². The molecule has 0 saturated carbocycles. The second-order valence-electron chi connectivity index (χ2n) is 4.38. The van der Waals surface area contributed by atoms with E-state index in [1.165, 1.54) is 13.2 Å². The fourth-order valence-electron chi connectivity index (χ4n) is 2.29. The van der Waals surface area contributed by atoms with Crippen molar-refractivity contribution >= 4 is 28.8 Å². The molecule has 20 heavy (non-hydrogen) atoms. The molecular formula is C15H11NO4. The van der Waals surface area contributed by atoms with E-state index < -0.39 is 11.8 Å². The van der Waals surface area contributed by atoms with Gasteiger partial charge in [0.2, 0.25) is 5.91 Å². The Balaban J connectivity index is 2.26. The quantitative estimate of drug-likeness (QED) is 0.638. The Kier molecular flexibility index (Phi) is 2.68. The molecule has 0 atom stereocenters. The first-order chi connectivity index (χ1) is 9.61. The zero-order chi connectivity index (χ0) is 14.3. The molecule has 0 saturated heterocycles. The van der Waals surface area contributed by atoms with Crippen molar-refractivity contribution in [2.75, 3.05) is 4.90 Å². The number of aliphatic hydroxyl groups is 1. The molecule has 2 amide bonds. The first kappa shape index (κ1) is 12.2. The first-order valence-electron chi connectivity index (χ1n) is 6.03. The molecular weight excluding hydrogens is 258 g/mol. The number of hydrogen-bond acceptors (Lipinski definition) is 4. The van der Waals surface area contributed by atoms with Gasteiger partial charge < -0.3 is 9.52 Å². The maximum absolute atomic E-state index is 12.4. The van der Waals surface area contributed by atoms with E-state index in [-0.39, 0.29) is 17.1 Å². The van der Waals surface area contributed by atoms with E-state index in [9.17, 15) is 14.7 Å². The fourth-order valence-corrected chi connectivity index (χ4v) is 2.29. The molecule has 0 fully saturated rings. The van der Waals surface area contributed by atoms with Crippen molar-refractivity contribution < 1.29 is 19.1 Å². The van der Waals surface area contributed by atoms with Crippen LogP contribution < -0.4 is 4.90 Å². The normalized spacial score (nSPS) is 16.2. The third kappa shape index (κ3) is 1.64. The van der Waals surface area contributed by atoms with Crippen LogP contribution in [0.5, 0.6) is 0 Å². The Hall–Kier alpha value is -2.82. The Morgan fingerprint density at radius 1 is 1.20 bits per heavy atom. The minimum Gasteiger partial charge on any atom is -0.504 e. The van der Waals surface area contributed by atoms with Crippen molar-refractivity contribution in [1.29, 1.82) is 0 Å². The SMILES string of the molecule is CC(=O)N1C(=O)/C(=C(/O)c2ccco2)c2ccccc21. The van der Waals surface area contributed by atoms with Crippen LogP contribution in [0.3, 0.4) is 0 Å². The van der Waals surface area contributed by atoms with Crippen LogP contribution in [0.25, 0.3) is 11.3 Å². The zero-order valence-corrected chi connectivity index (χ0v) is 10.7. The molecule has 5 heteroatoms. The van der Waals surface area contributed by atoms with Crippen LogP contribution in [0, 0.1) is 0 Å². The number of rotatable bonds is 1. The highest BCUT2D eigenvalue weighted by Gasteiger charge is 2.37. The van der Waals surface area contributed by atoms with E-state index in [4.69, 9.17) is 4.42 Å². The van der Waals surface area contributed by atoms with Gasteiger partial charge >= 0.3 is 0 Å². The number of aliphatic hydroxyl groups excluding tert-OH is 1. The van der Waals surface area contributed by atoms with E-state index in [0.29, 0.717) is 11.3 Å². The van der Waals surface area contributed by atoms with Crippen LogP contribution >= 0.6 is 0 Å². The lowest BCUT2D eigenvalue weighted by molar-refractivity contribution is -0.122. The van der Waals surface area contributed by atoms with Crippen molar-refractivity contribution in [1.82, 2.24) is 0 Å². The summed E-state index contributed by atoms with van der Waals surface area (Å²) in [6.07, 6.45) is 1.40. The number of furan rings is 1. The minimum absolute atomic E-state index is 0.0748. The van der Waals surface area contributed by atoms with E-state index >= 15 is 0 Å². The summed E-state index contributed by atoms with van der Waals surface area (Å²) in [6.45, 7) is 1.31. The molecule has 0 bridgehead atoms. The lowest BCUT2D eigenvalue weighted by Gasteiger charge is -2.11. The molecule has 1 N–H and O–H groups in total. The average Bonchev–Trinajstić information content (AvgIpc) is 3.02. The highest BCUT2D eigenvalue weighted by atomic mass is 16.4. The van der Waals surface area contributed by atoms with Gasteiger partial charge in [0, 0.05) is 12.5 Å². The lowest BCUT2D eigenvalue weighted by atomic mass is 10.1. The minimum atomic E-state index is -0.549. The largest absolute Gasteiger partial charge is 0.504 e. The smallest absolute Gasteiger partial charge is 0.269 e. The summed E-state index contributed by atoms with van der Waals surface area (Å²) in [7, 11) is 0. The number of hydrogen-bond donors (Lipinski definition) is 1. The number of fused-ring (bicyclic) bond motifs is 1. The molecule has 0 aliphatic carbocycles. The summed E-state index contributed by atoms with van der Waals surface area (Å²) < 4.78 is 5.10.